The van der Waals surface area contributed by atoms with Crippen molar-refractivity contribution in [3.8, 4) is 0 Å². The van der Waals surface area contributed by atoms with Crippen molar-refractivity contribution in [3.05, 3.63) is 40.5 Å². The van der Waals surface area contributed by atoms with Crippen molar-refractivity contribution in [1.82, 2.24) is 5.32 Å². The molecular formula is C28H44N2. The molecule has 2 aliphatic rings. The molecule has 2 nitrogen and oxygen atoms in total. The van der Waals surface area contributed by atoms with Crippen molar-refractivity contribution < 1.29 is 0 Å². The average molecular weight is 409 g/mol. The molecule has 2 unspecified atom stereocenters. The normalized spacial score (nSPS) is 25.8. The van der Waals surface area contributed by atoms with E-state index in [0.717, 1.165) is 18.8 Å². The first-order chi connectivity index (χ1) is 14.5. The monoisotopic (exact) mass is 408 g/mol. The van der Waals surface area contributed by atoms with Crippen LogP contribution in [0.1, 0.15) is 108 Å². The Hall–Kier alpha value is -1.70. The highest BCUT2D eigenvalue weighted by atomic mass is 15.0. The Morgan fingerprint density at radius 2 is 1.77 bits per heavy atom. The number of anilines is 1. The first kappa shape index (κ1) is 23.0. The molecule has 3 rings (SSSR count). The molecular weight excluding hydrogens is 364 g/mol. The second kappa shape index (κ2) is 10.6. The number of hydrogen-bond acceptors (Lipinski definition) is 2. The van der Waals surface area contributed by atoms with E-state index in [-0.39, 0.29) is 5.54 Å². The molecule has 1 fully saturated rings. The summed E-state index contributed by atoms with van der Waals surface area (Å²) in [5.74, 6) is 0.877. The van der Waals surface area contributed by atoms with Crippen LogP contribution in [-0.2, 0) is 0 Å². The Balaban J connectivity index is 1.95. The lowest BCUT2D eigenvalue weighted by atomic mass is 9.86. The second-order valence-electron chi connectivity index (χ2n) is 10.0. The van der Waals surface area contributed by atoms with Crippen LogP contribution in [0.5, 0.6) is 0 Å². The van der Waals surface area contributed by atoms with Gasteiger partial charge in [-0.2, -0.15) is 0 Å². The smallest absolute Gasteiger partial charge is 0.0447 e. The van der Waals surface area contributed by atoms with Crippen LogP contribution in [0.15, 0.2) is 23.8 Å². The molecule has 1 saturated carbocycles. The number of nitrogens with one attached hydrogen (secondary N) is 2. The summed E-state index contributed by atoms with van der Waals surface area (Å²) in [6.07, 6.45) is 19.0. The van der Waals surface area contributed by atoms with E-state index in [1.54, 1.807) is 5.57 Å². The summed E-state index contributed by atoms with van der Waals surface area (Å²) >= 11 is 0. The highest BCUT2D eigenvalue weighted by molar-refractivity contribution is 5.85. The Bertz CT molecular complexity index is 773. The quantitative estimate of drug-likeness (QED) is 0.526. The van der Waals surface area contributed by atoms with Gasteiger partial charge in [0.15, 0.2) is 0 Å². The van der Waals surface area contributed by atoms with Gasteiger partial charge in [0, 0.05) is 35.1 Å². The van der Waals surface area contributed by atoms with Gasteiger partial charge in [-0.05, 0) is 56.6 Å². The van der Waals surface area contributed by atoms with Crippen molar-refractivity contribution >= 4 is 17.5 Å². The largest absolute Gasteiger partial charge is 0.387 e. The zero-order valence-corrected chi connectivity index (χ0v) is 20.2. The molecule has 2 atom stereocenters. The number of rotatable bonds is 4. The summed E-state index contributed by atoms with van der Waals surface area (Å²) in [5.41, 5.74) is 8.42. The molecule has 166 valence electrons. The van der Waals surface area contributed by atoms with Crippen molar-refractivity contribution in [2.75, 3.05) is 12.4 Å². The number of aryl methyl sites for hydroxylation is 1. The third kappa shape index (κ3) is 5.50. The molecule has 0 amide bonds. The molecule has 0 bridgehead atoms. The molecule has 1 aromatic carbocycles. The summed E-state index contributed by atoms with van der Waals surface area (Å²) in [6.45, 7) is 9.45. The predicted octanol–water partition coefficient (Wildman–Crippen LogP) is 8.08. The summed E-state index contributed by atoms with van der Waals surface area (Å²) in [6, 6.07) is 4.62. The van der Waals surface area contributed by atoms with Gasteiger partial charge < -0.3 is 10.6 Å². The standard InChI is InChI=1S/C28H44N2/c1-6-23-15-11-16-24-25(18-17-22(3)26(24)29-5)27(23)30-28(4)19-10-8-7-9-13-21(2)14-12-20-28/h11,16-18,21,29-30H,6-10,12-15,19-20H2,1-5H3. The van der Waals surface area contributed by atoms with Crippen LogP contribution in [0, 0.1) is 12.8 Å². The van der Waals surface area contributed by atoms with Gasteiger partial charge in [0.05, 0.1) is 0 Å². The molecule has 0 aromatic heterocycles. The molecule has 2 aliphatic carbocycles. The zero-order chi connectivity index (χ0) is 21.6. The summed E-state index contributed by atoms with van der Waals surface area (Å²) in [7, 11) is 2.05. The fraction of sp³-hybridized carbons (Fsp3) is 0.643. The molecule has 1 aromatic rings. The minimum Gasteiger partial charge on any atom is -0.387 e. The Labute approximate surface area is 185 Å². The SMILES string of the molecule is CCC1=C(NC2(C)CCCCCCC(C)CCC2)c2ccc(C)c(NC)c2C=CC1. The van der Waals surface area contributed by atoms with E-state index in [0.29, 0.717) is 0 Å². The third-order valence-corrected chi connectivity index (χ3v) is 7.43. The van der Waals surface area contributed by atoms with Gasteiger partial charge in [-0.1, -0.05) is 83.1 Å². The zero-order valence-electron chi connectivity index (χ0n) is 20.2. The fourth-order valence-corrected chi connectivity index (χ4v) is 5.44. The fourth-order valence-electron chi connectivity index (χ4n) is 5.44. The minimum absolute atomic E-state index is 0.173. The minimum atomic E-state index is 0.173. The first-order valence-corrected chi connectivity index (χ1v) is 12.5. The van der Waals surface area contributed by atoms with Crippen LogP contribution in [0.4, 0.5) is 5.69 Å². The number of benzene rings is 1. The van der Waals surface area contributed by atoms with Gasteiger partial charge in [0.2, 0.25) is 0 Å². The van der Waals surface area contributed by atoms with E-state index < -0.39 is 0 Å². The molecule has 0 aliphatic heterocycles. The van der Waals surface area contributed by atoms with E-state index in [1.165, 1.54) is 85.9 Å². The topological polar surface area (TPSA) is 24.1 Å². The van der Waals surface area contributed by atoms with Crippen LogP contribution < -0.4 is 10.6 Å². The molecule has 0 radical (unpaired) electrons. The molecule has 2 N–H and O–H groups in total. The van der Waals surface area contributed by atoms with Crippen LogP contribution in [0.2, 0.25) is 0 Å². The maximum atomic E-state index is 4.17. The predicted molar refractivity (Wildman–Crippen MR) is 134 cm³/mol. The van der Waals surface area contributed by atoms with Gasteiger partial charge in [0.25, 0.3) is 0 Å². The van der Waals surface area contributed by atoms with Gasteiger partial charge in [0.1, 0.15) is 0 Å². The molecule has 2 heteroatoms. The van der Waals surface area contributed by atoms with Crippen LogP contribution in [0.25, 0.3) is 11.8 Å². The van der Waals surface area contributed by atoms with E-state index in [1.807, 2.05) is 7.05 Å². The maximum Gasteiger partial charge on any atom is 0.0447 e. The van der Waals surface area contributed by atoms with Crippen molar-refractivity contribution in [2.24, 2.45) is 5.92 Å². The summed E-state index contributed by atoms with van der Waals surface area (Å²) < 4.78 is 0. The molecule has 0 saturated heterocycles. The Kier molecular flexibility index (Phi) is 8.08. The Morgan fingerprint density at radius 3 is 2.53 bits per heavy atom. The molecule has 0 heterocycles. The van der Waals surface area contributed by atoms with Crippen LogP contribution >= 0.6 is 0 Å². The van der Waals surface area contributed by atoms with Crippen molar-refractivity contribution in [2.45, 2.75) is 104 Å². The first-order valence-electron chi connectivity index (χ1n) is 12.5. The average Bonchev–Trinajstić information content (AvgIpc) is 2.91. The summed E-state index contributed by atoms with van der Waals surface area (Å²) in [5, 5.41) is 7.63. The van der Waals surface area contributed by atoms with Crippen LogP contribution in [0.3, 0.4) is 0 Å². The lowest BCUT2D eigenvalue weighted by molar-refractivity contribution is 0.320. The number of allylic oxidation sites excluding steroid dienone is 2. The van der Waals surface area contributed by atoms with E-state index in [4.69, 9.17) is 0 Å². The highest BCUT2D eigenvalue weighted by Gasteiger charge is 2.28. The lowest BCUT2D eigenvalue weighted by Gasteiger charge is -2.35. The lowest BCUT2D eigenvalue weighted by Crippen LogP contribution is -2.41. The van der Waals surface area contributed by atoms with Crippen molar-refractivity contribution in [1.29, 1.82) is 0 Å². The Morgan fingerprint density at radius 1 is 1.03 bits per heavy atom. The highest BCUT2D eigenvalue weighted by Crippen LogP contribution is 2.37. The number of fused-ring (bicyclic) bond motifs is 1. The van der Waals surface area contributed by atoms with Gasteiger partial charge in [-0.15, -0.1) is 0 Å². The summed E-state index contributed by atoms with van der Waals surface area (Å²) in [4.78, 5) is 0. The second-order valence-corrected chi connectivity index (χ2v) is 10.0. The van der Waals surface area contributed by atoms with E-state index in [9.17, 15) is 0 Å². The van der Waals surface area contributed by atoms with Gasteiger partial charge >= 0.3 is 0 Å². The third-order valence-electron chi connectivity index (χ3n) is 7.43. The molecule has 30 heavy (non-hydrogen) atoms. The van der Waals surface area contributed by atoms with Gasteiger partial charge in [-0.3, -0.25) is 0 Å². The maximum absolute atomic E-state index is 4.17. The van der Waals surface area contributed by atoms with Crippen LogP contribution in [-0.4, -0.2) is 12.6 Å². The van der Waals surface area contributed by atoms with E-state index >= 15 is 0 Å². The molecule has 0 spiro atoms. The van der Waals surface area contributed by atoms with E-state index in [2.05, 4.69) is 62.6 Å². The number of hydrogen-bond donors (Lipinski definition) is 2. The van der Waals surface area contributed by atoms with Crippen molar-refractivity contribution in [3.63, 3.8) is 0 Å². The van der Waals surface area contributed by atoms with Gasteiger partial charge in [-0.25, -0.2) is 0 Å².